The summed E-state index contributed by atoms with van der Waals surface area (Å²) >= 11 is 1.60. The van der Waals surface area contributed by atoms with Gasteiger partial charge in [-0.3, -0.25) is 0 Å². The van der Waals surface area contributed by atoms with E-state index in [-0.39, 0.29) is 0 Å². The standard InChI is InChI=1S/C13H20N4OS/c1-17(2)6-8-18-7-5-15-10-3-4-11-13(12(10)14)16-9-19-11/h3-4,9,15H,5-8,14H2,1-2H3. The number of benzene rings is 1. The number of ether oxygens (including phenoxy) is 1. The fourth-order valence-corrected chi connectivity index (χ4v) is 2.41. The molecular formula is C13H20N4OS. The number of aromatic nitrogens is 1. The van der Waals surface area contributed by atoms with Crippen molar-refractivity contribution < 1.29 is 4.74 Å². The maximum atomic E-state index is 6.08. The van der Waals surface area contributed by atoms with Crippen molar-refractivity contribution >= 4 is 32.9 Å². The maximum absolute atomic E-state index is 6.08. The number of thiazole rings is 1. The van der Waals surface area contributed by atoms with Gasteiger partial charge in [0, 0.05) is 13.1 Å². The Labute approximate surface area is 117 Å². The van der Waals surface area contributed by atoms with Gasteiger partial charge in [0.1, 0.15) is 5.52 Å². The molecule has 2 aromatic rings. The predicted octanol–water partition coefficient (Wildman–Crippen LogP) is 1.87. The summed E-state index contributed by atoms with van der Waals surface area (Å²) in [4.78, 5) is 6.37. The summed E-state index contributed by atoms with van der Waals surface area (Å²) in [6.07, 6.45) is 0. The van der Waals surface area contributed by atoms with Crippen molar-refractivity contribution in [1.82, 2.24) is 9.88 Å². The summed E-state index contributed by atoms with van der Waals surface area (Å²) < 4.78 is 6.64. The van der Waals surface area contributed by atoms with Gasteiger partial charge in [-0.05, 0) is 26.2 Å². The van der Waals surface area contributed by atoms with Crippen LogP contribution >= 0.6 is 11.3 Å². The molecule has 1 heterocycles. The highest BCUT2D eigenvalue weighted by Gasteiger charge is 2.05. The number of hydrogen-bond acceptors (Lipinski definition) is 6. The quantitative estimate of drug-likeness (QED) is 0.599. The Morgan fingerprint density at radius 2 is 2.21 bits per heavy atom. The average Bonchev–Trinajstić information content (AvgIpc) is 2.84. The van der Waals surface area contributed by atoms with E-state index in [2.05, 4.69) is 15.2 Å². The van der Waals surface area contributed by atoms with E-state index < -0.39 is 0 Å². The van der Waals surface area contributed by atoms with Crippen molar-refractivity contribution in [3.05, 3.63) is 17.6 Å². The van der Waals surface area contributed by atoms with E-state index in [1.165, 1.54) is 0 Å². The molecule has 104 valence electrons. The molecule has 6 heteroatoms. The normalized spacial score (nSPS) is 11.3. The minimum absolute atomic E-state index is 0.669. The lowest BCUT2D eigenvalue weighted by molar-refractivity contribution is 0.126. The first-order valence-electron chi connectivity index (χ1n) is 6.26. The summed E-state index contributed by atoms with van der Waals surface area (Å²) in [5.74, 6) is 0. The molecule has 0 saturated heterocycles. The molecule has 0 amide bonds. The van der Waals surface area contributed by atoms with Crippen molar-refractivity contribution in [2.45, 2.75) is 0 Å². The maximum Gasteiger partial charge on any atom is 0.106 e. The van der Waals surface area contributed by atoms with Crippen LogP contribution in [0, 0.1) is 0 Å². The van der Waals surface area contributed by atoms with E-state index >= 15 is 0 Å². The summed E-state index contributed by atoms with van der Waals surface area (Å²) in [6, 6.07) is 4.04. The number of anilines is 2. The lowest BCUT2D eigenvalue weighted by atomic mass is 10.2. The van der Waals surface area contributed by atoms with Crippen molar-refractivity contribution in [2.75, 3.05) is 51.4 Å². The van der Waals surface area contributed by atoms with Crippen LogP contribution in [0.1, 0.15) is 0 Å². The molecule has 0 aliphatic carbocycles. The average molecular weight is 280 g/mol. The Bertz CT molecular complexity index is 526. The van der Waals surface area contributed by atoms with Gasteiger partial charge >= 0.3 is 0 Å². The number of nitrogens with one attached hydrogen (secondary N) is 1. The van der Waals surface area contributed by atoms with Crippen molar-refractivity contribution in [3.8, 4) is 0 Å². The fourth-order valence-electron chi connectivity index (χ4n) is 1.71. The van der Waals surface area contributed by atoms with Crippen LogP contribution in [0.25, 0.3) is 10.2 Å². The third-order valence-electron chi connectivity index (χ3n) is 2.79. The number of nitrogens with zero attached hydrogens (tertiary/aromatic N) is 2. The second-order valence-electron chi connectivity index (χ2n) is 4.57. The molecule has 0 bridgehead atoms. The highest BCUT2D eigenvalue weighted by molar-refractivity contribution is 7.16. The molecule has 0 radical (unpaired) electrons. The smallest absolute Gasteiger partial charge is 0.106 e. The molecule has 2 rings (SSSR count). The number of rotatable bonds is 7. The Morgan fingerprint density at radius 3 is 3.00 bits per heavy atom. The third kappa shape index (κ3) is 3.79. The molecule has 19 heavy (non-hydrogen) atoms. The minimum atomic E-state index is 0.669. The van der Waals surface area contributed by atoms with Gasteiger partial charge in [-0.25, -0.2) is 4.98 Å². The second kappa shape index (κ2) is 6.70. The molecule has 1 aromatic heterocycles. The number of hydrogen-bond donors (Lipinski definition) is 2. The van der Waals surface area contributed by atoms with E-state index in [1.54, 1.807) is 11.3 Å². The Kier molecular flexibility index (Phi) is 4.95. The van der Waals surface area contributed by atoms with Crippen LogP contribution in [0.4, 0.5) is 11.4 Å². The van der Waals surface area contributed by atoms with Gasteiger partial charge in [0.2, 0.25) is 0 Å². The van der Waals surface area contributed by atoms with Crippen molar-refractivity contribution in [2.24, 2.45) is 0 Å². The van der Waals surface area contributed by atoms with Crippen LogP contribution in [0.5, 0.6) is 0 Å². The van der Waals surface area contributed by atoms with Crippen molar-refractivity contribution in [3.63, 3.8) is 0 Å². The fraction of sp³-hybridized carbons (Fsp3) is 0.462. The zero-order chi connectivity index (χ0) is 13.7. The molecule has 0 unspecified atom stereocenters. The molecule has 0 spiro atoms. The largest absolute Gasteiger partial charge is 0.395 e. The van der Waals surface area contributed by atoms with Gasteiger partial charge in [-0.15, -0.1) is 11.3 Å². The van der Waals surface area contributed by atoms with Crippen LogP contribution in [0.15, 0.2) is 17.6 Å². The van der Waals surface area contributed by atoms with Crippen LogP contribution in [-0.2, 0) is 4.74 Å². The van der Waals surface area contributed by atoms with Gasteiger partial charge in [-0.2, -0.15) is 0 Å². The second-order valence-corrected chi connectivity index (χ2v) is 5.45. The molecule has 0 atom stereocenters. The molecule has 3 N–H and O–H groups in total. The van der Waals surface area contributed by atoms with E-state index in [4.69, 9.17) is 10.5 Å². The first-order valence-corrected chi connectivity index (χ1v) is 7.14. The van der Waals surface area contributed by atoms with Crippen LogP contribution in [-0.4, -0.2) is 50.3 Å². The highest BCUT2D eigenvalue weighted by Crippen LogP contribution is 2.29. The predicted molar refractivity (Wildman–Crippen MR) is 81.9 cm³/mol. The monoisotopic (exact) mass is 280 g/mol. The lowest BCUT2D eigenvalue weighted by Gasteiger charge is -2.12. The summed E-state index contributed by atoms with van der Waals surface area (Å²) in [6.45, 7) is 3.10. The first kappa shape index (κ1) is 14.0. The van der Waals surface area contributed by atoms with Gasteiger partial charge in [0.25, 0.3) is 0 Å². The summed E-state index contributed by atoms with van der Waals surface area (Å²) in [5, 5.41) is 3.28. The zero-order valence-corrected chi connectivity index (χ0v) is 12.2. The van der Waals surface area contributed by atoms with E-state index in [0.717, 1.165) is 35.6 Å². The Morgan fingerprint density at radius 1 is 1.37 bits per heavy atom. The molecule has 0 saturated carbocycles. The van der Waals surface area contributed by atoms with Gasteiger partial charge in [0.15, 0.2) is 0 Å². The first-order chi connectivity index (χ1) is 9.18. The van der Waals surface area contributed by atoms with Gasteiger partial charge in [0.05, 0.1) is 34.8 Å². The SMILES string of the molecule is CN(C)CCOCCNc1ccc2scnc2c1N. The number of nitrogens with two attached hydrogens (primary N) is 1. The lowest BCUT2D eigenvalue weighted by Crippen LogP contribution is -2.20. The molecule has 0 fully saturated rings. The van der Waals surface area contributed by atoms with Crippen LogP contribution < -0.4 is 11.1 Å². The molecular weight excluding hydrogens is 260 g/mol. The van der Waals surface area contributed by atoms with E-state index in [0.29, 0.717) is 12.3 Å². The zero-order valence-electron chi connectivity index (χ0n) is 11.3. The molecule has 5 nitrogen and oxygen atoms in total. The molecule has 0 aliphatic rings. The van der Waals surface area contributed by atoms with E-state index in [9.17, 15) is 0 Å². The van der Waals surface area contributed by atoms with Crippen LogP contribution in [0.3, 0.4) is 0 Å². The number of nitrogen functional groups attached to an aromatic ring is 1. The molecule has 1 aromatic carbocycles. The number of likely N-dealkylation sites (N-methyl/N-ethyl adjacent to an activating group) is 1. The van der Waals surface area contributed by atoms with Gasteiger partial charge < -0.3 is 20.7 Å². The Hall–Kier alpha value is -1.37. The number of fused-ring (bicyclic) bond motifs is 1. The topological polar surface area (TPSA) is 63.4 Å². The van der Waals surface area contributed by atoms with Gasteiger partial charge in [-0.1, -0.05) is 0 Å². The Balaban J connectivity index is 1.80. The third-order valence-corrected chi connectivity index (χ3v) is 3.58. The minimum Gasteiger partial charge on any atom is -0.395 e. The molecule has 0 aliphatic heterocycles. The van der Waals surface area contributed by atoms with E-state index in [1.807, 2.05) is 31.7 Å². The van der Waals surface area contributed by atoms with Crippen LogP contribution in [0.2, 0.25) is 0 Å². The highest BCUT2D eigenvalue weighted by atomic mass is 32.1. The van der Waals surface area contributed by atoms with Crippen molar-refractivity contribution in [1.29, 1.82) is 0 Å². The summed E-state index contributed by atoms with van der Waals surface area (Å²) in [5.41, 5.74) is 10.4. The summed E-state index contributed by atoms with van der Waals surface area (Å²) in [7, 11) is 4.07.